The Hall–Kier alpha value is -1.22. The Morgan fingerprint density at radius 1 is 1.38 bits per heavy atom. The van der Waals surface area contributed by atoms with Gasteiger partial charge in [0.2, 0.25) is 0 Å². The summed E-state index contributed by atoms with van der Waals surface area (Å²) in [5, 5.41) is 9.44. The van der Waals surface area contributed by atoms with Crippen LogP contribution in [-0.4, -0.2) is 17.8 Å². The molecule has 3 N–H and O–H groups in total. The lowest BCUT2D eigenvalue weighted by Crippen LogP contribution is -2.43. The Morgan fingerprint density at radius 2 is 2.00 bits per heavy atom. The van der Waals surface area contributed by atoms with Crippen LogP contribution in [0, 0.1) is 0 Å². The highest BCUT2D eigenvalue weighted by Gasteiger charge is 2.52. The third-order valence-corrected chi connectivity index (χ3v) is 3.89. The monoisotopic (exact) mass is 221 g/mol. The lowest BCUT2D eigenvalue weighted by atomic mass is 9.75. The van der Waals surface area contributed by atoms with E-state index < -0.39 is 0 Å². The summed E-state index contributed by atoms with van der Waals surface area (Å²) in [5.74, 6) is 0.931. The van der Waals surface area contributed by atoms with Crippen molar-refractivity contribution in [2.24, 2.45) is 5.73 Å². The number of methoxy groups -OCH3 is 1. The summed E-state index contributed by atoms with van der Waals surface area (Å²) < 4.78 is 5.32. The number of aromatic hydroxyl groups is 1. The number of nitrogens with two attached hydrogens (primary N) is 1. The minimum atomic E-state index is -0.133. The van der Waals surface area contributed by atoms with Gasteiger partial charge in [0.05, 0.1) is 7.11 Å². The van der Waals surface area contributed by atoms with E-state index in [-0.39, 0.29) is 16.7 Å². The summed E-state index contributed by atoms with van der Waals surface area (Å²) in [6, 6.07) is 5.23. The summed E-state index contributed by atoms with van der Waals surface area (Å²) in [6.07, 6.45) is 2.09. The van der Waals surface area contributed by atoms with E-state index in [4.69, 9.17) is 10.5 Å². The Morgan fingerprint density at radius 3 is 2.50 bits per heavy atom. The summed E-state index contributed by atoms with van der Waals surface area (Å²) in [4.78, 5) is 0. The molecule has 0 radical (unpaired) electrons. The molecule has 0 aliphatic heterocycles. The van der Waals surface area contributed by atoms with E-state index in [1.807, 2.05) is 6.07 Å². The first-order chi connectivity index (χ1) is 7.40. The molecule has 0 spiro atoms. The van der Waals surface area contributed by atoms with Crippen molar-refractivity contribution in [2.45, 2.75) is 37.6 Å². The van der Waals surface area contributed by atoms with Crippen LogP contribution in [0.3, 0.4) is 0 Å². The van der Waals surface area contributed by atoms with Gasteiger partial charge >= 0.3 is 0 Å². The topological polar surface area (TPSA) is 55.5 Å². The molecule has 16 heavy (non-hydrogen) atoms. The molecule has 0 aromatic heterocycles. The standard InChI is InChI=1S/C13H19NO2/c1-12(2,13(14)6-7-13)10-5-4-9(15)8-11(10)16-3/h4-5,8,15H,6-7,14H2,1-3H3. The quantitative estimate of drug-likeness (QED) is 0.822. The van der Waals surface area contributed by atoms with Crippen molar-refractivity contribution in [1.29, 1.82) is 0 Å². The van der Waals surface area contributed by atoms with E-state index in [1.165, 1.54) is 0 Å². The summed E-state index contributed by atoms with van der Waals surface area (Å²) in [5.41, 5.74) is 7.10. The molecule has 0 saturated heterocycles. The zero-order chi connectivity index (χ0) is 12.0. The van der Waals surface area contributed by atoms with Crippen molar-refractivity contribution in [2.75, 3.05) is 7.11 Å². The first kappa shape index (κ1) is 11.3. The second-order valence-electron chi connectivity index (χ2n) is 5.17. The maximum absolute atomic E-state index is 9.44. The van der Waals surface area contributed by atoms with Crippen LogP contribution in [0.25, 0.3) is 0 Å². The van der Waals surface area contributed by atoms with E-state index in [1.54, 1.807) is 19.2 Å². The molecular weight excluding hydrogens is 202 g/mol. The van der Waals surface area contributed by atoms with Crippen LogP contribution >= 0.6 is 0 Å². The molecule has 0 amide bonds. The number of hydrogen-bond acceptors (Lipinski definition) is 3. The van der Waals surface area contributed by atoms with Gasteiger partial charge in [0.15, 0.2) is 0 Å². The van der Waals surface area contributed by atoms with Crippen LogP contribution in [0.15, 0.2) is 18.2 Å². The molecule has 1 aromatic rings. The number of phenols is 1. The van der Waals surface area contributed by atoms with Gasteiger partial charge in [-0.25, -0.2) is 0 Å². The number of benzene rings is 1. The average molecular weight is 221 g/mol. The second-order valence-corrected chi connectivity index (χ2v) is 5.17. The zero-order valence-electron chi connectivity index (χ0n) is 10.1. The number of ether oxygens (including phenoxy) is 1. The highest BCUT2D eigenvalue weighted by molar-refractivity contribution is 5.47. The maximum Gasteiger partial charge on any atom is 0.126 e. The lowest BCUT2D eigenvalue weighted by Gasteiger charge is -2.33. The average Bonchev–Trinajstić information content (AvgIpc) is 2.97. The largest absolute Gasteiger partial charge is 0.508 e. The van der Waals surface area contributed by atoms with Crippen molar-refractivity contribution in [3.8, 4) is 11.5 Å². The van der Waals surface area contributed by atoms with Crippen LogP contribution < -0.4 is 10.5 Å². The molecular formula is C13H19NO2. The number of rotatable bonds is 3. The fraction of sp³-hybridized carbons (Fsp3) is 0.538. The number of hydrogen-bond donors (Lipinski definition) is 2. The van der Waals surface area contributed by atoms with Gasteiger partial charge in [-0.1, -0.05) is 19.9 Å². The van der Waals surface area contributed by atoms with E-state index in [0.717, 1.165) is 18.4 Å². The van der Waals surface area contributed by atoms with E-state index in [0.29, 0.717) is 5.75 Å². The fourth-order valence-corrected chi connectivity index (χ4v) is 2.22. The van der Waals surface area contributed by atoms with Gasteiger partial charge in [0.25, 0.3) is 0 Å². The lowest BCUT2D eigenvalue weighted by molar-refractivity contribution is 0.351. The normalized spacial score (nSPS) is 18.2. The SMILES string of the molecule is COc1cc(O)ccc1C(C)(C)C1(N)CC1. The molecule has 3 nitrogen and oxygen atoms in total. The Kier molecular flexibility index (Phi) is 2.39. The van der Waals surface area contributed by atoms with Gasteiger partial charge < -0.3 is 15.6 Å². The molecule has 0 atom stereocenters. The van der Waals surface area contributed by atoms with E-state index >= 15 is 0 Å². The molecule has 1 fully saturated rings. The van der Waals surface area contributed by atoms with Crippen LogP contribution in [-0.2, 0) is 5.41 Å². The van der Waals surface area contributed by atoms with Crippen molar-refractivity contribution < 1.29 is 9.84 Å². The van der Waals surface area contributed by atoms with Crippen molar-refractivity contribution in [3.05, 3.63) is 23.8 Å². The van der Waals surface area contributed by atoms with Crippen molar-refractivity contribution in [3.63, 3.8) is 0 Å². The van der Waals surface area contributed by atoms with Gasteiger partial charge in [-0.05, 0) is 18.9 Å². The van der Waals surface area contributed by atoms with E-state index in [2.05, 4.69) is 13.8 Å². The van der Waals surface area contributed by atoms with Gasteiger partial charge in [0.1, 0.15) is 11.5 Å². The van der Waals surface area contributed by atoms with Crippen molar-refractivity contribution in [1.82, 2.24) is 0 Å². The Labute approximate surface area is 96.2 Å². The maximum atomic E-state index is 9.44. The molecule has 1 aliphatic carbocycles. The third kappa shape index (κ3) is 1.55. The molecule has 3 heteroatoms. The molecule has 1 saturated carbocycles. The predicted octanol–water partition coefficient (Wildman–Crippen LogP) is 2.17. The van der Waals surface area contributed by atoms with Crippen LogP contribution in [0.5, 0.6) is 11.5 Å². The van der Waals surface area contributed by atoms with Gasteiger partial charge in [-0.2, -0.15) is 0 Å². The summed E-state index contributed by atoms with van der Waals surface area (Å²) >= 11 is 0. The minimum absolute atomic E-state index is 0.128. The zero-order valence-corrected chi connectivity index (χ0v) is 10.1. The predicted molar refractivity (Wildman–Crippen MR) is 63.8 cm³/mol. The summed E-state index contributed by atoms with van der Waals surface area (Å²) in [7, 11) is 1.62. The fourth-order valence-electron chi connectivity index (χ4n) is 2.22. The molecule has 0 bridgehead atoms. The van der Waals surface area contributed by atoms with Crippen LogP contribution in [0.2, 0.25) is 0 Å². The molecule has 0 heterocycles. The van der Waals surface area contributed by atoms with E-state index in [9.17, 15) is 5.11 Å². The smallest absolute Gasteiger partial charge is 0.126 e. The van der Waals surface area contributed by atoms with Gasteiger partial charge in [-0.3, -0.25) is 0 Å². The molecule has 88 valence electrons. The first-order valence-corrected chi connectivity index (χ1v) is 5.57. The van der Waals surface area contributed by atoms with Gasteiger partial charge in [0, 0.05) is 22.6 Å². The number of phenolic OH excluding ortho intramolecular Hbond substituents is 1. The molecule has 1 aromatic carbocycles. The Bertz CT molecular complexity index is 408. The molecule has 2 rings (SSSR count). The van der Waals surface area contributed by atoms with Crippen LogP contribution in [0.4, 0.5) is 0 Å². The summed E-state index contributed by atoms with van der Waals surface area (Å²) in [6.45, 7) is 4.27. The van der Waals surface area contributed by atoms with Crippen molar-refractivity contribution >= 4 is 0 Å². The van der Waals surface area contributed by atoms with Gasteiger partial charge in [-0.15, -0.1) is 0 Å². The second kappa shape index (κ2) is 3.39. The molecule has 1 aliphatic rings. The van der Waals surface area contributed by atoms with Crippen LogP contribution in [0.1, 0.15) is 32.3 Å². The minimum Gasteiger partial charge on any atom is -0.508 e. The highest BCUT2D eigenvalue weighted by Crippen LogP contribution is 2.51. The Balaban J connectivity index is 2.47. The third-order valence-electron chi connectivity index (χ3n) is 3.89. The molecule has 0 unspecified atom stereocenters. The first-order valence-electron chi connectivity index (χ1n) is 5.57. The highest BCUT2D eigenvalue weighted by atomic mass is 16.5.